The first-order valence-corrected chi connectivity index (χ1v) is 5.83. The average Bonchev–Trinajstić information content (AvgIpc) is 2.59. The van der Waals surface area contributed by atoms with Crippen LogP contribution in [0.15, 0.2) is 18.2 Å². The maximum absolute atomic E-state index is 12.0. The van der Waals surface area contributed by atoms with Crippen LogP contribution in [0.1, 0.15) is 6.42 Å². The van der Waals surface area contributed by atoms with E-state index in [0.29, 0.717) is 5.02 Å². The highest BCUT2D eigenvalue weighted by Crippen LogP contribution is 2.31. The summed E-state index contributed by atoms with van der Waals surface area (Å²) in [5, 5.41) is 3.15. The van der Waals surface area contributed by atoms with Crippen LogP contribution >= 0.6 is 23.2 Å². The number of halogens is 2. The molecule has 6 heteroatoms. The van der Waals surface area contributed by atoms with Gasteiger partial charge in [-0.2, -0.15) is 0 Å². The van der Waals surface area contributed by atoms with E-state index >= 15 is 0 Å². The van der Waals surface area contributed by atoms with E-state index in [1.165, 1.54) is 12.1 Å². The first-order chi connectivity index (χ1) is 8.54. The topological polar surface area (TPSA) is 49.4 Å². The SMILES string of the molecule is C#CCC1NC(=O)N(c2cc(Cl)ccc2Cl)C1=O. The van der Waals surface area contributed by atoms with Gasteiger partial charge in [0.1, 0.15) is 6.04 Å². The van der Waals surface area contributed by atoms with Gasteiger partial charge in [-0.15, -0.1) is 12.3 Å². The van der Waals surface area contributed by atoms with Crippen molar-refractivity contribution in [3.63, 3.8) is 0 Å². The molecule has 3 amide bonds. The molecule has 1 heterocycles. The fourth-order valence-corrected chi connectivity index (χ4v) is 2.04. The van der Waals surface area contributed by atoms with E-state index in [0.717, 1.165) is 4.90 Å². The molecule has 1 aliphatic rings. The molecule has 0 saturated carbocycles. The lowest BCUT2D eigenvalue weighted by molar-refractivity contribution is -0.118. The lowest BCUT2D eigenvalue weighted by atomic mass is 10.2. The molecule has 0 aliphatic carbocycles. The molecule has 2 rings (SSSR count). The van der Waals surface area contributed by atoms with Crippen LogP contribution in [0.3, 0.4) is 0 Å². The normalized spacial score (nSPS) is 18.7. The van der Waals surface area contributed by atoms with Crippen molar-refractivity contribution in [2.75, 3.05) is 4.90 Å². The van der Waals surface area contributed by atoms with Crippen molar-refractivity contribution >= 4 is 40.8 Å². The Morgan fingerprint density at radius 3 is 2.78 bits per heavy atom. The number of nitrogens with zero attached hydrogens (tertiary/aromatic N) is 1. The van der Waals surface area contributed by atoms with Crippen LogP contribution in [0.2, 0.25) is 10.0 Å². The number of nitrogens with one attached hydrogen (secondary N) is 1. The molecule has 1 N–H and O–H groups in total. The third-order valence-electron chi connectivity index (χ3n) is 2.49. The van der Waals surface area contributed by atoms with Gasteiger partial charge in [-0.3, -0.25) is 4.79 Å². The number of amides is 3. The maximum atomic E-state index is 12.0. The maximum Gasteiger partial charge on any atom is 0.329 e. The van der Waals surface area contributed by atoms with Gasteiger partial charge in [-0.1, -0.05) is 23.2 Å². The largest absolute Gasteiger partial charge is 0.329 e. The van der Waals surface area contributed by atoms with Crippen LogP contribution in [-0.2, 0) is 4.79 Å². The Morgan fingerprint density at radius 1 is 1.39 bits per heavy atom. The van der Waals surface area contributed by atoms with Gasteiger partial charge in [-0.25, -0.2) is 9.69 Å². The fourth-order valence-electron chi connectivity index (χ4n) is 1.67. The van der Waals surface area contributed by atoms with E-state index < -0.39 is 18.0 Å². The van der Waals surface area contributed by atoms with E-state index in [1.54, 1.807) is 6.07 Å². The van der Waals surface area contributed by atoms with Crippen molar-refractivity contribution in [2.24, 2.45) is 0 Å². The Kier molecular flexibility index (Phi) is 3.46. The molecule has 0 aromatic heterocycles. The summed E-state index contributed by atoms with van der Waals surface area (Å²) in [5.74, 6) is 1.91. The fraction of sp³-hybridized carbons (Fsp3) is 0.167. The second kappa shape index (κ2) is 4.89. The molecule has 1 fully saturated rings. The van der Waals surface area contributed by atoms with Crippen LogP contribution in [-0.4, -0.2) is 18.0 Å². The molecule has 0 radical (unpaired) electrons. The van der Waals surface area contributed by atoms with E-state index in [2.05, 4.69) is 11.2 Å². The van der Waals surface area contributed by atoms with Crippen LogP contribution in [0, 0.1) is 12.3 Å². The second-order valence-corrected chi connectivity index (χ2v) is 4.52. The molecule has 1 aromatic carbocycles. The number of hydrogen-bond acceptors (Lipinski definition) is 2. The van der Waals surface area contributed by atoms with Crippen molar-refractivity contribution in [3.05, 3.63) is 28.2 Å². The first kappa shape index (κ1) is 12.7. The minimum atomic E-state index is -0.711. The highest BCUT2D eigenvalue weighted by Gasteiger charge is 2.39. The summed E-state index contributed by atoms with van der Waals surface area (Å²) in [6.45, 7) is 0. The zero-order chi connectivity index (χ0) is 13.3. The number of rotatable bonds is 2. The first-order valence-electron chi connectivity index (χ1n) is 5.07. The van der Waals surface area contributed by atoms with E-state index in [4.69, 9.17) is 29.6 Å². The number of terminal acetylenes is 1. The standard InChI is InChI=1S/C12H8Cl2N2O2/c1-2-3-9-11(17)16(12(18)15-9)10-6-7(13)4-5-8(10)14/h1,4-6,9H,3H2,(H,15,18). The smallest absolute Gasteiger partial charge is 0.324 e. The lowest BCUT2D eigenvalue weighted by Gasteiger charge is -2.14. The quantitative estimate of drug-likeness (QED) is 0.669. The van der Waals surface area contributed by atoms with Crippen molar-refractivity contribution in [3.8, 4) is 12.3 Å². The van der Waals surface area contributed by atoms with Crippen molar-refractivity contribution < 1.29 is 9.59 Å². The van der Waals surface area contributed by atoms with Crippen molar-refractivity contribution in [2.45, 2.75) is 12.5 Å². The Hall–Kier alpha value is -1.70. The Morgan fingerprint density at radius 2 is 2.11 bits per heavy atom. The van der Waals surface area contributed by atoms with E-state index in [9.17, 15) is 9.59 Å². The molecule has 0 spiro atoms. The third-order valence-corrected chi connectivity index (χ3v) is 3.05. The van der Waals surface area contributed by atoms with Crippen LogP contribution in [0.5, 0.6) is 0 Å². The van der Waals surface area contributed by atoms with Crippen molar-refractivity contribution in [1.29, 1.82) is 0 Å². The predicted octanol–water partition coefficient (Wildman–Crippen LogP) is 2.44. The Balaban J connectivity index is 2.39. The number of urea groups is 1. The Bertz CT molecular complexity index is 566. The van der Waals surface area contributed by atoms with Gasteiger partial charge in [0.25, 0.3) is 5.91 Å². The van der Waals surface area contributed by atoms with Gasteiger partial charge in [-0.05, 0) is 18.2 Å². The van der Waals surface area contributed by atoms with Gasteiger partial charge in [0.05, 0.1) is 10.7 Å². The van der Waals surface area contributed by atoms with Gasteiger partial charge in [0.15, 0.2) is 0 Å². The molecule has 1 aliphatic heterocycles. The molecule has 1 unspecified atom stereocenters. The number of hydrogen-bond donors (Lipinski definition) is 1. The third kappa shape index (κ3) is 2.15. The van der Waals surface area contributed by atoms with Crippen LogP contribution in [0.4, 0.5) is 10.5 Å². The van der Waals surface area contributed by atoms with Crippen LogP contribution < -0.4 is 10.2 Å². The minimum Gasteiger partial charge on any atom is -0.324 e. The molecular weight excluding hydrogens is 275 g/mol. The number of anilines is 1. The predicted molar refractivity (Wildman–Crippen MR) is 69.7 cm³/mol. The number of benzene rings is 1. The minimum absolute atomic E-state index is 0.138. The van der Waals surface area contributed by atoms with E-state index in [1.807, 2.05) is 0 Å². The molecule has 92 valence electrons. The van der Waals surface area contributed by atoms with Crippen LogP contribution in [0.25, 0.3) is 0 Å². The Labute approximate surface area is 114 Å². The highest BCUT2D eigenvalue weighted by molar-refractivity contribution is 6.37. The van der Waals surface area contributed by atoms with Gasteiger partial charge < -0.3 is 5.32 Å². The molecule has 1 atom stereocenters. The number of imide groups is 1. The summed E-state index contributed by atoms with van der Waals surface area (Å²) in [7, 11) is 0. The lowest BCUT2D eigenvalue weighted by Crippen LogP contribution is -2.31. The summed E-state index contributed by atoms with van der Waals surface area (Å²) >= 11 is 11.8. The second-order valence-electron chi connectivity index (χ2n) is 3.68. The van der Waals surface area contributed by atoms with Gasteiger partial charge in [0, 0.05) is 11.4 Å². The summed E-state index contributed by atoms with van der Waals surface area (Å²) in [6, 6.07) is 3.29. The average molecular weight is 283 g/mol. The number of carbonyl (C=O) groups excluding carboxylic acids is 2. The van der Waals surface area contributed by atoms with Gasteiger partial charge >= 0.3 is 6.03 Å². The molecule has 1 aromatic rings. The van der Waals surface area contributed by atoms with Gasteiger partial charge in [0.2, 0.25) is 0 Å². The molecular formula is C12H8Cl2N2O2. The summed E-state index contributed by atoms with van der Waals surface area (Å²) in [6.07, 6.45) is 5.27. The van der Waals surface area contributed by atoms with E-state index in [-0.39, 0.29) is 17.1 Å². The van der Waals surface area contributed by atoms with Crippen molar-refractivity contribution in [1.82, 2.24) is 5.32 Å². The molecule has 4 nitrogen and oxygen atoms in total. The number of carbonyl (C=O) groups is 2. The zero-order valence-electron chi connectivity index (χ0n) is 9.11. The summed E-state index contributed by atoms with van der Waals surface area (Å²) < 4.78 is 0. The zero-order valence-corrected chi connectivity index (χ0v) is 10.6. The summed E-state index contributed by atoms with van der Waals surface area (Å²) in [4.78, 5) is 24.7. The highest BCUT2D eigenvalue weighted by atomic mass is 35.5. The molecule has 18 heavy (non-hydrogen) atoms. The molecule has 1 saturated heterocycles. The summed E-state index contributed by atoms with van der Waals surface area (Å²) in [5.41, 5.74) is 0.256. The monoisotopic (exact) mass is 282 g/mol. The molecule has 0 bridgehead atoms.